The number of carbonyl (C=O) groups is 2. The number of halogens is 5. The highest BCUT2D eigenvalue weighted by atomic mass is 19.2. The Hall–Kier alpha value is -3.24. The predicted molar refractivity (Wildman–Crippen MR) is 70.5 cm³/mol. The van der Waals surface area contributed by atoms with Gasteiger partial charge in [-0.05, 0) is 6.07 Å². The SMILES string of the molecule is O=C(COC(=O)c1cccc[n+]1[O-])Nc1c(F)c(F)c(F)c(F)c1F. The summed E-state index contributed by atoms with van der Waals surface area (Å²) in [5, 5.41) is 12.7. The fourth-order valence-electron chi connectivity index (χ4n) is 1.68. The summed E-state index contributed by atoms with van der Waals surface area (Å²) < 4.78 is 70.2. The molecule has 1 heterocycles. The molecule has 2 aromatic rings. The van der Waals surface area contributed by atoms with Crippen molar-refractivity contribution < 1.29 is 41.0 Å². The van der Waals surface area contributed by atoms with Gasteiger partial charge in [0.05, 0.1) is 0 Å². The number of hydrogen-bond donors (Lipinski definition) is 1. The number of pyridine rings is 1. The number of anilines is 1. The number of nitrogens with zero attached hydrogens (tertiary/aromatic N) is 1. The average Bonchev–Trinajstić information content (AvgIpc) is 2.60. The topological polar surface area (TPSA) is 82.3 Å². The minimum atomic E-state index is -2.39. The van der Waals surface area contributed by atoms with Crippen LogP contribution < -0.4 is 10.0 Å². The summed E-state index contributed by atoms with van der Waals surface area (Å²) >= 11 is 0. The molecule has 132 valence electrons. The van der Waals surface area contributed by atoms with Crippen LogP contribution in [0.4, 0.5) is 27.6 Å². The van der Waals surface area contributed by atoms with Crippen LogP contribution in [0.5, 0.6) is 0 Å². The van der Waals surface area contributed by atoms with E-state index in [0.717, 1.165) is 12.3 Å². The fourth-order valence-corrected chi connectivity index (χ4v) is 1.68. The molecule has 1 aromatic carbocycles. The van der Waals surface area contributed by atoms with E-state index in [2.05, 4.69) is 4.74 Å². The quantitative estimate of drug-likeness (QED) is 0.225. The van der Waals surface area contributed by atoms with Gasteiger partial charge >= 0.3 is 11.7 Å². The van der Waals surface area contributed by atoms with Gasteiger partial charge in [-0.15, -0.1) is 0 Å². The number of ether oxygens (including phenoxy) is 1. The molecule has 2 rings (SSSR count). The number of benzene rings is 1. The zero-order chi connectivity index (χ0) is 18.7. The van der Waals surface area contributed by atoms with Crippen molar-refractivity contribution in [2.75, 3.05) is 11.9 Å². The van der Waals surface area contributed by atoms with Crippen LogP contribution in [0.1, 0.15) is 10.5 Å². The summed E-state index contributed by atoms with van der Waals surface area (Å²) in [6.07, 6.45) is 0.978. The van der Waals surface area contributed by atoms with Crippen molar-refractivity contribution in [3.05, 3.63) is 64.4 Å². The molecule has 0 aliphatic heterocycles. The van der Waals surface area contributed by atoms with E-state index in [4.69, 9.17) is 0 Å². The number of amides is 1. The molecule has 0 bridgehead atoms. The summed E-state index contributed by atoms with van der Waals surface area (Å²) in [5.41, 5.74) is -2.07. The summed E-state index contributed by atoms with van der Waals surface area (Å²) in [6.45, 7) is -1.13. The minimum absolute atomic E-state index is 0.143. The number of hydrogen-bond acceptors (Lipinski definition) is 4. The second kappa shape index (κ2) is 7.11. The highest BCUT2D eigenvalue weighted by Gasteiger charge is 2.27. The highest BCUT2D eigenvalue weighted by Crippen LogP contribution is 2.26. The van der Waals surface area contributed by atoms with Gasteiger partial charge < -0.3 is 15.3 Å². The third kappa shape index (κ3) is 3.65. The number of rotatable bonds is 4. The average molecular weight is 362 g/mol. The molecule has 0 fully saturated rings. The molecule has 6 nitrogen and oxygen atoms in total. The van der Waals surface area contributed by atoms with Gasteiger partial charge in [-0.3, -0.25) is 4.79 Å². The summed E-state index contributed by atoms with van der Waals surface area (Å²) in [4.78, 5) is 23.1. The van der Waals surface area contributed by atoms with Crippen LogP contribution in [0.25, 0.3) is 0 Å². The first-order valence-corrected chi connectivity index (χ1v) is 6.40. The number of esters is 1. The molecule has 1 N–H and O–H groups in total. The van der Waals surface area contributed by atoms with Gasteiger partial charge in [0.15, 0.2) is 36.1 Å². The largest absolute Gasteiger partial charge is 0.618 e. The Morgan fingerprint density at radius 3 is 2.12 bits per heavy atom. The molecule has 0 atom stereocenters. The normalized spacial score (nSPS) is 10.4. The van der Waals surface area contributed by atoms with E-state index in [1.807, 2.05) is 0 Å². The number of nitrogens with one attached hydrogen (secondary N) is 1. The first kappa shape index (κ1) is 18.1. The maximum atomic E-state index is 13.4. The van der Waals surface area contributed by atoms with E-state index in [1.54, 1.807) is 0 Å². The van der Waals surface area contributed by atoms with Gasteiger partial charge in [-0.25, -0.2) is 26.7 Å². The monoisotopic (exact) mass is 362 g/mol. The molecule has 1 aromatic heterocycles. The standard InChI is InChI=1S/C14H7F5N2O4/c15-8-9(16)11(18)13(12(19)10(8)17)20-7(22)5-25-14(23)6-3-1-2-4-21(6)24/h1-4H,5H2,(H,20,22). The highest BCUT2D eigenvalue weighted by molar-refractivity contribution is 5.94. The summed E-state index contributed by atoms with van der Waals surface area (Å²) in [5.74, 6) is -14.0. The van der Waals surface area contributed by atoms with Gasteiger partial charge in [-0.1, -0.05) is 0 Å². The van der Waals surface area contributed by atoms with Crippen LogP contribution in [0.2, 0.25) is 0 Å². The Bertz CT molecular complexity index is 830. The van der Waals surface area contributed by atoms with Crippen LogP contribution in [0.15, 0.2) is 24.4 Å². The molecule has 0 unspecified atom stereocenters. The maximum absolute atomic E-state index is 13.4. The Labute approximate surface area is 136 Å². The zero-order valence-corrected chi connectivity index (χ0v) is 12.0. The van der Waals surface area contributed by atoms with Crippen LogP contribution in [0.3, 0.4) is 0 Å². The van der Waals surface area contributed by atoms with Crippen LogP contribution in [0, 0.1) is 34.3 Å². The second-order valence-electron chi connectivity index (χ2n) is 4.48. The first-order valence-electron chi connectivity index (χ1n) is 6.40. The molecule has 0 aliphatic rings. The van der Waals surface area contributed by atoms with Gasteiger partial charge in [0.1, 0.15) is 5.69 Å². The first-order chi connectivity index (χ1) is 11.7. The minimum Gasteiger partial charge on any atom is -0.618 e. The van der Waals surface area contributed by atoms with Crippen molar-refractivity contribution in [1.29, 1.82) is 0 Å². The molecule has 0 saturated heterocycles. The third-order valence-corrected chi connectivity index (χ3v) is 2.84. The van der Waals surface area contributed by atoms with E-state index >= 15 is 0 Å². The van der Waals surface area contributed by atoms with Crippen LogP contribution in [-0.4, -0.2) is 18.5 Å². The molecule has 11 heteroatoms. The lowest BCUT2D eigenvalue weighted by Gasteiger charge is -2.10. The smallest absolute Gasteiger partial charge is 0.405 e. The Kier molecular flexibility index (Phi) is 5.15. The van der Waals surface area contributed by atoms with E-state index in [-0.39, 0.29) is 4.73 Å². The molecule has 0 saturated carbocycles. The van der Waals surface area contributed by atoms with E-state index in [9.17, 15) is 36.7 Å². The lowest BCUT2D eigenvalue weighted by molar-refractivity contribution is -0.608. The maximum Gasteiger partial charge on any atom is 0.405 e. The molecular formula is C14H7F5N2O4. The third-order valence-electron chi connectivity index (χ3n) is 2.84. The molecule has 0 radical (unpaired) electrons. The van der Waals surface area contributed by atoms with Crippen molar-refractivity contribution in [2.24, 2.45) is 0 Å². The number of carbonyl (C=O) groups excluding carboxylic acids is 2. The molecule has 0 spiro atoms. The fraction of sp³-hybridized carbons (Fsp3) is 0.0714. The zero-order valence-electron chi connectivity index (χ0n) is 12.0. The Morgan fingerprint density at radius 2 is 1.56 bits per heavy atom. The summed E-state index contributed by atoms with van der Waals surface area (Å²) in [6, 6.07) is 3.73. The molecular weight excluding hydrogens is 355 g/mol. The van der Waals surface area contributed by atoms with Crippen LogP contribution >= 0.6 is 0 Å². The van der Waals surface area contributed by atoms with Crippen molar-refractivity contribution in [3.8, 4) is 0 Å². The Balaban J connectivity index is 2.09. The molecule has 1 amide bonds. The van der Waals surface area contributed by atoms with Gasteiger partial charge in [0.25, 0.3) is 5.91 Å². The predicted octanol–water partition coefficient (Wildman–Crippen LogP) is 1.81. The second-order valence-corrected chi connectivity index (χ2v) is 4.48. The van der Waals surface area contributed by atoms with Crippen molar-refractivity contribution in [1.82, 2.24) is 0 Å². The van der Waals surface area contributed by atoms with Gasteiger partial charge in [0, 0.05) is 12.1 Å². The van der Waals surface area contributed by atoms with Crippen molar-refractivity contribution >= 4 is 17.6 Å². The van der Waals surface area contributed by atoms with Crippen molar-refractivity contribution in [3.63, 3.8) is 0 Å². The van der Waals surface area contributed by atoms with Crippen molar-refractivity contribution in [2.45, 2.75) is 0 Å². The lowest BCUT2D eigenvalue weighted by Crippen LogP contribution is -2.35. The van der Waals surface area contributed by atoms with Gasteiger partial charge in [0.2, 0.25) is 5.82 Å². The molecule has 25 heavy (non-hydrogen) atoms. The molecule has 0 aliphatic carbocycles. The Morgan fingerprint density at radius 1 is 1.00 bits per heavy atom. The van der Waals surface area contributed by atoms with Crippen LogP contribution in [-0.2, 0) is 9.53 Å². The van der Waals surface area contributed by atoms with Gasteiger partial charge in [-0.2, -0.15) is 4.73 Å². The summed E-state index contributed by atoms with van der Waals surface area (Å²) in [7, 11) is 0. The number of aromatic nitrogens is 1. The van der Waals surface area contributed by atoms with E-state index in [1.165, 1.54) is 17.4 Å². The van der Waals surface area contributed by atoms with E-state index in [0.29, 0.717) is 0 Å². The lowest BCUT2D eigenvalue weighted by atomic mass is 10.2. The van der Waals surface area contributed by atoms with E-state index < -0.39 is 59.0 Å².